The smallest absolute Gasteiger partial charge is 0.326 e. The van der Waals surface area contributed by atoms with E-state index in [1.54, 1.807) is 48.5 Å². The summed E-state index contributed by atoms with van der Waals surface area (Å²) in [7, 11) is 0. The SMILES string of the molecule is CC(C)C(=O)CCCNCCOc1ccc(CC(Nc2ccccc2C(=O)c2ccccc2)C(=O)O)cc1. The highest BCUT2D eigenvalue weighted by Crippen LogP contribution is 2.22. The zero-order chi connectivity index (χ0) is 27.3. The first-order valence-corrected chi connectivity index (χ1v) is 13.0. The third kappa shape index (κ3) is 8.85. The Morgan fingerprint density at radius 3 is 2.24 bits per heavy atom. The maximum absolute atomic E-state index is 13.0. The van der Waals surface area contributed by atoms with Crippen LogP contribution in [0.15, 0.2) is 78.9 Å². The molecule has 0 amide bonds. The quantitative estimate of drug-likeness (QED) is 0.182. The average molecular weight is 517 g/mol. The largest absolute Gasteiger partial charge is 0.492 e. The first-order valence-electron chi connectivity index (χ1n) is 13.0. The number of ketones is 2. The Morgan fingerprint density at radius 2 is 1.55 bits per heavy atom. The molecule has 0 fully saturated rings. The third-order valence-corrected chi connectivity index (χ3v) is 6.17. The molecule has 0 aromatic heterocycles. The topological polar surface area (TPSA) is 105 Å². The molecule has 3 aromatic rings. The molecule has 0 aliphatic heterocycles. The number of carboxylic acid groups (broad SMARTS) is 1. The second-order valence-corrected chi connectivity index (χ2v) is 9.45. The van der Waals surface area contributed by atoms with Gasteiger partial charge in [-0.25, -0.2) is 4.79 Å². The molecule has 0 spiro atoms. The minimum absolute atomic E-state index is 0.0857. The summed E-state index contributed by atoms with van der Waals surface area (Å²) in [5, 5.41) is 16.2. The van der Waals surface area contributed by atoms with Crippen molar-refractivity contribution in [2.75, 3.05) is 25.0 Å². The van der Waals surface area contributed by atoms with Gasteiger partial charge in [0.1, 0.15) is 24.2 Å². The van der Waals surface area contributed by atoms with E-state index in [1.807, 2.05) is 44.2 Å². The van der Waals surface area contributed by atoms with Crippen LogP contribution in [0, 0.1) is 5.92 Å². The molecule has 200 valence electrons. The Labute approximate surface area is 224 Å². The van der Waals surface area contributed by atoms with Gasteiger partial charge in [-0.2, -0.15) is 0 Å². The molecule has 0 aliphatic carbocycles. The second kappa shape index (κ2) is 14.7. The van der Waals surface area contributed by atoms with Crippen molar-refractivity contribution in [1.29, 1.82) is 0 Å². The first kappa shape index (κ1) is 28.6. The van der Waals surface area contributed by atoms with Gasteiger partial charge >= 0.3 is 5.97 Å². The number of rotatable bonds is 16. The Kier molecular flexibility index (Phi) is 11.1. The Morgan fingerprint density at radius 1 is 0.868 bits per heavy atom. The van der Waals surface area contributed by atoms with Crippen molar-refractivity contribution in [3.05, 3.63) is 95.6 Å². The molecule has 0 aliphatic rings. The zero-order valence-corrected chi connectivity index (χ0v) is 22.0. The van der Waals surface area contributed by atoms with E-state index in [-0.39, 0.29) is 23.9 Å². The van der Waals surface area contributed by atoms with E-state index in [1.165, 1.54) is 0 Å². The van der Waals surface area contributed by atoms with Crippen LogP contribution in [0.25, 0.3) is 0 Å². The Balaban J connectivity index is 1.51. The van der Waals surface area contributed by atoms with Crippen LogP contribution < -0.4 is 15.4 Å². The number of ether oxygens (including phenoxy) is 1. The predicted molar refractivity (Wildman–Crippen MR) is 149 cm³/mol. The van der Waals surface area contributed by atoms with E-state index in [2.05, 4.69) is 10.6 Å². The Hall–Kier alpha value is -3.97. The fourth-order valence-corrected chi connectivity index (χ4v) is 3.94. The second-order valence-electron chi connectivity index (χ2n) is 9.45. The van der Waals surface area contributed by atoms with Gasteiger partial charge in [0, 0.05) is 42.1 Å². The van der Waals surface area contributed by atoms with Crippen molar-refractivity contribution in [1.82, 2.24) is 5.32 Å². The number of carboxylic acids is 1. The minimum Gasteiger partial charge on any atom is -0.492 e. The van der Waals surface area contributed by atoms with Gasteiger partial charge < -0.3 is 20.5 Å². The molecular weight excluding hydrogens is 480 g/mol. The molecule has 0 heterocycles. The highest BCUT2D eigenvalue weighted by atomic mass is 16.5. The van der Waals surface area contributed by atoms with Gasteiger partial charge in [0.05, 0.1) is 0 Å². The molecule has 7 nitrogen and oxygen atoms in total. The molecule has 38 heavy (non-hydrogen) atoms. The van der Waals surface area contributed by atoms with E-state index >= 15 is 0 Å². The first-order chi connectivity index (χ1) is 18.3. The normalized spacial score (nSPS) is 11.7. The Bertz CT molecular complexity index is 1190. The van der Waals surface area contributed by atoms with Crippen LogP contribution in [0.3, 0.4) is 0 Å². The molecular formula is C31H36N2O5. The van der Waals surface area contributed by atoms with E-state index in [9.17, 15) is 19.5 Å². The van der Waals surface area contributed by atoms with Crippen molar-refractivity contribution in [2.45, 2.75) is 39.2 Å². The molecule has 0 saturated carbocycles. The molecule has 0 bridgehead atoms. The number of anilines is 1. The van der Waals surface area contributed by atoms with Crippen LogP contribution in [0.2, 0.25) is 0 Å². The summed E-state index contributed by atoms with van der Waals surface area (Å²) in [5.41, 5.74) is 2.28. The maximum atomic E-state index is 13.0. The van der Waals surface area contributed by atoms with E-state index in [4.69, 9.17) is 4.74 Å². The number of Topliss-reactive ketones (excluding diaryl/α,β-unsaturated/α-hetero) is 1. The summed E-state index contributed by atoms with van der Waals surface area (Å²) < 4.78 is 5.76. The molecule has 3 N–H and O–H groups in total. The van der Waals surface area contributed by atoms with E-state index in [0.717, 1.165) is 18.5 Å². The van der Waals surface area contributed by atoms with Crippen molar-refractivity contribution >= 4 is 23.2 Å². The molecule has 3 aromatic carbocycles. The lowest BCUT2D eigenvalue weighted by Crippen LogP contribution is -2.32. The molecule has 1 atom stereocenters. The van der Waals surface area contributed by atoms with Gasteiger partial charge in [-0.05, 0) is 42.8 Å². The number of para-hydroxylation sites is 1. The number of hydrogen-bond donors (Lipinski definition) is 3. The lowest BCUT2D eigenvalue weighted by atomic mass is 10.00. The van der Waals surface area contributed by atoms with Crippen LogP contribution in [0.4, 0.5) is 5.69 Å². The van der Waals surface area contributed by atoms with Crippen molar-refractivity contribution < 1.29 is 24.2 Å². The van der Waals surface area contributed by atoms with Crippen LogP contribution in [-0.4, -0.2) is 48.4 Å². The lowest BCUT2D eigenvalue weighted by molar-refractivity contribution is -0.137. The standard InChI is InChI=1S/C31H36N2O5/c1-22(2)29(34)13-8-18-32-19-20-38-25-16-14-23(15-17-25)21-28(31(36)37)33-27-12-7-6-11-26(27)30(35)24-9-4-3-5-10-24/h3-7,9-12,14-17,22,28,32-33H,8,13,18-21H2,1-2H3,(H,36,37). The number of aliphatic carboxylic acids is 1. The molecule has 0 saturated heterocycles. The van der Waals surface area contributed by atoms with Gasteiger partial charge in [-0.15, -0.1) is 0 Å². The van der Waals surface area contributed by atoms with Crippen LogP contribution in [-0.2, 0) is 16.0 Å². The summed E-state index contributed by atoms with van der Waals surface area (Å²) in [6.45, 7) is 5.76. The van der Waals surface area contributed by atoms with Crippen LogP contribution >= 0.6 is 0 Å². The van der Waals surface area contributed by atoms with Gasteiger partial charge in [0.15, 0.2) is 5.78 Å². The van der Waals surface area contributed by atoms with E-state index < -0.39 is 12.0 Å². The maximum Gasteiger partial charge on any atom is 0.326 e. The fourth-order valence-electron chi connectivity index (χ4n) is 3.94. The van der Waals surface area contributed by atoms with E-state index in [0.29, 0.717) is 42.1 Å². The molecule has 7 heteroatoms. The highest BCUT2D eigenvalue weighted by molar-refractivity contribution is 6.12. The monoisotopic (exact) mass is 516 g/mol. The lowest BCUT2D eigenvalue weighted by Gasteiger charge is -2.18. The summed E-state index contributed by atoms with van der Waals surface area (Å²) >= 11 is 0. The third-order valence-electron chi connectivity index (χ3n) is 6.17. The van der Waals surface area contributed by atoms with Crippen molar-refractivity contribution in [3.8, 4) is 5.75 Å². The molecule has 1 unspecified atom stereocenters. The van der Waals surface area contributed by atoms with Crippen molar-refractivity contribution in [2.24, 2.45) is 5.92 Å². The number of carbonyl (C=O) groups excluding carboxylic acids is 2. The van der Waals surface area contributed by atoms with Gasteiger partial charge in [-0.1, -0.05) is 68.4 Å². The zero-order valence-electron chi connectivity index (χ0n) is 22.0. The summed E-state index contributed by atoms with van der Waals surface area (Å²) in [6.07, 6.45) is 1.64. The summed E-state index contributed by atoms with van der Waals surface area (Å²) in [6, 6.07) is 22.3. The minimum atomic E-state index is -1.01. The van der Waals surface area contributed by atoms with Gasteiger partial charge in [-0.3, -0.25) is 9.59 Å². The number of hydrogen-bond acceptors (Lipinski definition) is 6. The van der Waals surface area contributed by atoms with Crippen LogP contribution in [0.1, 0.15) is 48.2 Å². The summed E-state index contributed by atoms with van der Waals surface area (Å²) in [5.74, 6) is -0.105. The number of carbonyl (C=O) groups is 3. The fraction of sp³-hybridized carbons (Fsp3) is 0.323. The molecule has 3 rings (SSSR count). The summed E-state index contributed by atoms with van der Waals surface area (Å²) in [4.78, 5) is 36.7. The predicted octanol–water partition coefficient (Wildman–Crippen LogP) is 5.00. The highest BCUT2D eigenvalue weighted by Gasteiger charge is 2.21. The number of nitrogens with one attached hydrogen (secondary N) is 2. The van der Waals surface area contributed by atoms with Gasteiger partial charge in [0.25, 0.3) is 0 Å². The molecule has 0 radical (unpaired) electrons. The van der Waals surface area contributed by atoms with Crippen molar-refractivity contribution in [3.63, 3.8) is 0 Å². The average Bonchev–Trinajstić information content (AvgIpc) is 2.93. The van der Waals surface area contributed by atoms with Gasteiger partial charge in [0.2, 0.25) is 0 Å². The van der Waals surface area contributed by atoms with Crippen LogP contribution in [0.5, 0.6) is 5.75 Å². The number of benzene rings is 3.